The number of rotatable bonds is 19. The van der Waals surface area contributed by atoms with Gasteiger partial charge in [-0.15, -0.1) is 0 Å². The minimum Gasteiger partial charge on any atom is -0.480 e. The molecule has 0 saturated heterocycles. The first-order valence-corrected chi connectivity index (χ1v) is 16.6. The molecule has 7 nitrogen and oxygen atoms in total. The van der Waals surface area contributed by atoms with Crippen molar-refractivity contribution in [2.75, 3.05) is 6.54 Å². The number of unbranched alkanes of at least 4 members (excludes halogenated alkanes) is 7. The molecule has 1 amide bonds. The van der Waals surface area contributed by atoms with E-state index in [4.69, 9.17) is 0 Å². The van der Waals surface area contributed by atoms with Gasteiger partial charge in [0.15, 0.2) is 0 Å². The van der Waals surface area contributed by atoms with Crippen molar-refractivity contribution in [3.63, 3.8) is 0 Å². The highest BCUT2D eigenvalue weighted by Crippen LogP contribution is 2.26. The summed E-state index contributed by atoms with van der Waals surface area (Å²) < 4.78 is 28.8. The van der Waals surface area contributed by atoms with Gasteiger partial charge in [-0.1, -0.05) is 109 Å². The van der Waals surface area contributed by atoms with Crippen molar-refractivity contribution in [1.29, 1.82) is 0 Å². The summed E-state index contributed by atoms with van der Waals surface area (Å²) in [5.74, 6) is -1.30. The van der Waals surface area contributed by atoms with E-state index in [0.29, 0.717) is 19.3 Å². The number of carboxylic acid groups (broad SMARTS) is 1. The fourth-order valence-corrected chi connectivity index (χ4v) is 6.22. The Kier molecular flexibility index (Phi) is 14.5. The molecule has 228 valence electrons. The Morgan fingerprint density at radius 2 is 1.46 bits per heavy atom. The summed E-state index contributed by atoms with van der Waals surface area (Å²) in [6.45, 7) is 8.90. The summed E-state index contributed by atoms with van der Waals surface area (Å²) in [4.78, 5) is 24.4. The molecular weight excluding hydrogens is 536 g/mol. The molecule has 1 unspecified atom stereocenters. The third-order valence-corrected chi connectivity index (χ3v) is 9.21. The van der Waals surface area contributed by atoms with Gasteiger partial charge in [0, 0.05) is 19.5 Å². The number of amides is 1. The lowest BCUT2D eigenvalue weighted by atomic mass is 9.87. The molecule has 2 aromatic rings. The number of hydrogen-bond donors (Lipinski definition) is 2. The molecule has 0 saturated carbocycles. The van der Waals surface area contributed by atoms with Crippen molar-refractivity contribution in [2.24, 2.45) is 0 Å². The fourth-order valence-electron chi connectivity index (χ4n) is 4.75. The van der Waals surface area contributed by atoms with Crippen LogP contribution in [0.25, 0.3) is 0 Å². The van der Waals surface area contributed by atoms with E-state index in [9.17, 15) is 23.1 Å². The third-order valence-electron chi connectivity index (χ3n) is 7.35. The first-order chi connectivity index (χ1) is 19.4. The van der Waals surface area contributed by atoms with Crippen molar-refractivity contribution in [2.45, 2.75) is 121 Å². The molecule has 2 rings (SSSR count). The number of nitrogens with one attached hydrogen (secondary N) is 1. The molecule has 0 aliphatic rings. The Hall–Kier alpha value is -2.71. The third kappa shape index (κ3) is 12.4. The average Bonchev–Trinajstić information content (AvgIpc) is 2.93. The van der Waals surface area contributed by atoms with Gasteiger partial charge in [-0.25, -0.2) is 13.2 Å². The van der Waals surface area contributed by atoms with Crippen LogP contribution in [0.3, 0.4) is 0 Å². The minimum atomic E-state index is -3.77. The molecule has 8 heteroatoms. The van der Waals surface area contributed by atoms with E-state index in [1.807, 2.05) is 42.5 Å². The van der Waals surface area contributed by atoms with E-state index < -0.39 is 22.0 Å². The summed E-state index contributed by atoms with van der Waals surface area (Å²) in [5, 5.41) is 12.3. The molecule has 0 heterocycles. The molecule has 1 atom stereocenters. The van der Waals surface area contributed by atoms with Crippen LogP contribution >= 0.6 is 0 Å². The zero-order chi connectivity index (χ0) is 30.3. The molecule has 0 radical (unpaired) electrons. The van der Waals surface area contributed by atoms with Gasteiger partial charge in [0.2, 0.25) is 15.9 Å². The molecule has 0 aromatic heterocycles. The molecule has 2 N–H and O–H groups in total. The number of sulfonamides is 1. The second-order valence-corrected chi connectivity index (χ2v) is 13.9. The zero-order valence-corrected chi connectivity index (χ0v) is 26.2. The van der Waals surface area contributed by atoms with Crippen molar-refractivity contribution in [3.8, 4) is 0 Å². The molecule has 0 aliphatic carbocycles. The second-order valence-electron chi connectivity index (χ2n) is 11.9. The summed E-state index contributed by atoms with van der Waals surface area (Å²) in [5.41, 5.74) is 1.85. The van der Waals surface area contributed by atoms with Gasteiger partial charge in [-0.3, -0.25) is 4.79 Å². The van der Waals surface area contributed by atoms with Gasteiger partial charge in [-0.2, -0.15) is 4.31 Å². The zero-order valence-electron chi connectivity index (χ0n) is 25.4. The number of hydrogen-bond acceptors (Lipinski definition) is 4. The summed E-state index contributed by atoms with van der Waals surface area (Å²) in [7, 11) is -3.77. The van der Waals surface area contributed by atoms with Crippen LogP contribution in [0.5, 0.6) is 0 Å². The molecule has 0 bridgehead atoms. The Morgan fingerprint density at radius 1 is 0.854 bits per heavy atom. The van der Waals surface area contributed by atoms with Crippen LogP contribution in [0, 0.1) is 0 Å². The van der Waals surface area contributed by atoms with E-state index in [0.717, 1.165) is 30.4 Å². The molecular formula is C33H50N2O5S. The average molecular weight is 587 g/mol. The molecule has 0 aliphatic heterocycles. The number of carbonyl (C=O) groups is 2. The Balaban J connectivity index is 1.96. The first kappa shape index (κ1) is 34.5. The van der Waals surface area contributed by atoms with Crippen LogP contribution in [0.15, 0.2) is 59.5 Å². The SMILES string of the molecule is CCCCCCCCCC(=O)NC(CCCCN(Cc1ccccc1)S(=O)(=O)c1ccc(C(C)(C)C)cc1)C(=O)O. The predicted molar refractivity (Wildman–Crippen MR) is 165 cm³/mol. The van der Waals surface area contributed by atoms with Crippen molar-refractivity contribution >= 4 is 21.9 Å². The van der Waals surface area contributed by atoms with Crippen molar-refractivity contribution < 1.29 is 23.1 Å². The van der Waals surface area contributed by atoms with Crippen molar-refractivity contribution in [3.05, 3.63) is 65.7 Å². The normalized spacial score (nSPS) is 12.8. The highest BCUT2D eigenvalue weighted by Gasteiger charge is 2.26. The Labute approximate surface area is 247 Å². The lowest BCUT2D eigenvalue weighted by Gasteiger charge is -2.24. The maximum Gasteiger partial charge on any atom is 0.326 e. The quantitative estimate of drug-likeness (QED) is 0.172. The molecule has 2 aromatic carbocycles. The predicted octanol–water partition coefficient (Wildman–Crippen LogP) is 7.06. The van der Waals surface area contributed by atoms with Gasteiger partial charge in [0.05, 0.1) is 4.90 Å². The van der Waals surface area contributed by atoms with E-state index in [1.54, 1.807) is 12.1 Å². The topological polar surface area (TPSA) is 104 Å². The molecule has 0 fully saturated rings. The monoisotopic (exact) mass is 586 g/mol. The highest BCUT2D eigenvalue weighted by molar-refractivity contribution is 7.89. The van der Waals surface area contributed by atoms with Crippen LogP contribution in [-0.2, 0) is 31.6 Å². The Bertz CT molecular complexity index is 1160. The van der Waals surface area contributed by atoms with E-state index in [2.05, 4.69) is 33.0 Å². The van der Waals surface area contributed by atoms with Gasteiger partial charge in [0.25, 0.3) is 0 Å². The second kappa shape index (κ2) is 17.3. The largest absolute Gasteiger partial charge is 0.480 e. The summed E-state index contributed by atoms with van der Waals surface area (Å²) in [6, 6.07) is 15.5. The molecule has 0 spiro atoms. The van der Waals surface area contributed by atoms with Crippen LogP contribution < -0.4 is 5.32 Å². The first-order valence-electron chi connectivity index (χ1n) is 15.1. The number of benzene rings is 2. The maximum absolute atomic E-state index is 13.7. The van der Waals surface area contributed by atoms with Gasteiger partial charge in [0.1, 0.15) is 6.04 Å². The fraction of sp³-hybridized carbons (Fsp3) is 0.576. The van der Waals surface area contributed by atoms with Crippen LogP contribution in [-0.4, -0.2) is 42.3 Å². The lowest BCUT2D eigenvalue weighted by Crippen LogP contribution is -2.40. The lowest BCUT2D eigenvalue weighted by molar-refractivity contribution is -0.142. The maximum atomic E-state index is 13.7. The summed E-state index contributed by atoms with van der Waals surface area (Å²) in [6.07, 6.45) is 9.18. The number of carboxylic acids is 1. The Morgan fingerprint density at radius 3 is 2.05 bits per heavy atom. The van der Waals surface area contributed by atoms with E-state index in [-0.39, 0.29) is 35.7 Å². The van der Waals surface area contributed by atoms with E-state index in [1.165, 1.54) is 30.0 Å². The van der Waals surface area contributed by atoms with E-state index >= 15 is 0 Å². The number of nitrogens with zero attached hydrogens (tertiary/aromatic N) is 1. The number of carbonyl (C=O) groups excluding carboxylic acids is 1. The minimum absolute atomic E-state index is 0.0869. The van der Waals surface area contributed by atoms with Gasteiger partial charge >= 0.3 is 5.97 Å². The van der Waals surface area contributed by atoms with Crippen LogP contribution in [0.1, 0.15) is 109 Å². The number of aliphatic carboxylic acids is 1. The van der Waals surface area contributed by atoms with Crippen LogP contribution in [0.4, 0.5) is 0 Å². The van der Waals surface area contributed by atoms with Crippen LogP contribution in [0.2, 0.25) is 0 Å². The standard InChI is InChI=1S/C33H50N2O5S/c1-5-6-7-8-9-10-14-20-31(36)34-30(32(37)38)19-15-16-25-35(26-27-17-12-11-13-18-27)41(39,40)29-23-21-28(22-24-29)33(2,3)4/h11-13,17-18,21-24,30H,5-10,14-16,19-20,25-26H2,1-4H3,(H,34,36)(H,37,38). The summed E-state index contributed by atoms with van der Waals surface area (Å²) >= 11 is 0. The molecule has 41 heavy (non-hydrogen) atoms. The van der Waals surface area contributed by atoms with Gasteiger partial charge < -0.3 is 10.4 Å². The smallest absolute Gasteiger partial charge is 0.326 e. The van der Waals surface area contributed by atoms with Crippen molar-refractivity contribution in [1.82, 2.24) is 9.62 Å². The highest BCUT2D eigenvalue weighted by atomic mass is 32.2. The van der Waals surface area contributed by atoms with Gasteiger partial charge in [-0.05, 0) is 54.4 Å².